The Morgan fingerprint density at radius 2 is 1.77 bits per heavy atom. The van der Waals surface area contributed by atoms with Crippen LogP contribution < -0.4 is 0 Å². The SMILES string of the molecule is CC1=C(/C=C/C(C)=C/C=C/C(C)=C/C(=O)O)[C@@](C)(S(=O)(=O)c2ccccc2)CCC1. The third-order valence-electron chi connectivity index (χ3n) is 5.46. The summed E-state index contributed by atoms with van der Waals surface area (Å²) in [6, 6.07) is 8.65. The molecular weight excluding hydrogens is 396 g/mol. The van der Waals surface area contributed by atoms with Crippen LogP contribution in [0, 0.1) is 0 Å². The lowest BCUT2D eigenvalue weighted by molar-refractivity contribution is -0.131. The summed E-state index contributed by atoms with van der Waals surface area (Å²) in [5.74, 6) is -0.976. The average molecular weight is 427 g/mol. The molecule has 0 saturated carbocycles. The van der Waals surface area contributed by atoms with Crippen molar-refractivity contribution in [3.63, 3.8) is 0 Å². The van der Waals surface area contributed by atoms with E-state index in [4.69, 9.17) is 5.11 Å². The topological polar surface area (TPSA) is 71.4 Å². The molecule has 0 spiro atoms. The number of carboxylic acids is 1. The number of allylic oxidation sites excluding steroid dienone is 8. The van der Waals surface area contributed by atoms with Crippen molar-refractivity contribution >= 4 is 15.8 Å². The highest BCUT2D eigenvalue weighted by atomic mass is 32.2. The van der Waals surface area contributed by atoms with Crippen molar-refractivity contribution in [1.29, 1.82) is 0 Å². The lowest BCUT2D eigenvalue weighted by atomic mass is 9.83. The first-order valence-corrected chi connectivity index (χ1v) is 11.5. The molecule has 0 bridgehead atoms. The molecule has 0 aliphatic heterocycles. The zero-order valence-electron chi connectivity index (χ0n) is 18.1. The van der Waals surface area contributed by atoms with Gasteiger partial charge in [-0.3, -0.25) is 0 Å². The quantitative estimate of drug-likeness (QED) is 0.441. The zero-order chi connectivity index (χ0) is 22.4. The third kappa shape index (κ3) is 5.48. The van der Waals surface area contributed by atoms with Crippen LogP contribution in [0.3, 0.4) is 0 Å². The minimum absolute atomic E-state index is 0.351. The summed E-state index contributed by atoms with van der Waals surface area (Å²) in [6.07, 6.45) is 12.7. The minimum Gasteiger partial charge on any atom is -0.478 e. The Morgan fingerprint density at radius 3 is 2.40 bits per heavy atom. The maximum Gasteiger partial charge on any atom is 0.328 e. The van der Waals surface area contributed by atoms with E-state index >= 15 is 0 Å². The van der Waals surface area contributed by atoms with Gasteiger partial charge < -0.3 is 5.11 Å². The fraction of sp³-hybridized carbons (Fsp3) is 0.320. The van der Waals surface area contributed by atoms with Crippen molar-refractivity contribution in [1.82, 2.24) is 0 Å². The highest BCUT2D eigenvalue weighted by Crippen LogP contribution is 2.43. The highest BCUT2D eigenvalue weighted by Gasteiger charge is 2.44. The summed E-state index contributed by atoms with van der Waals surface area (Å²) in [4.78, 5) is 11.0. The molecule has 1 aliphatic carbocycles. The van der Waals surface area contributed by atoms with Crippen molar-refractivity contribution in [2.24, 2.45) is 0 Å². The van der Waals surface area contributed by atoms with E-state index in [1.807, 2.05) is 45.1 Å². The Bertz CT molecular complexity index is 1040. The molecule has 1 aliphatic rings. The first kappa shape index (κ1) is 23.6. The van der Waals surface area contributed by atoms with E-state index in [2.05, 4.69) is 0 Å². The monoisotopic (exact) mass is 426 g/mol. The minimum atomic E-state index is -3.54. The van der Waals surface area contributed by atoms with Gasteiger partial charge in [-0.05, 0) is 70.2 Å². The molecule has 5 heteroatoms. The molecule has 4 nitrogen and oxygen atoms in total. The van der Waals surface area contributed by atoms with Gasteiger partial charge in [0.15, 0.2) is 9.84 Å². The van der Waals surface area contributed by atoms with Gasteiger partial charge in [-0.1, -0.05) is 59.7 Å². The van der Waals surface area contributed by atoms with Gasteiger partial charge in [0.25, 0.3) is 0 Å². The van der Waals surface area contributed by atoms with Gasteiger partial charge >= 0.3 is 5.97 Å². The number of hydrogen-bond donors (Lipinski definition) is 1. The first-order valence-electron chi connectivity index (χ1n) is 10.0. The summed E-state index contributed by atoms with van der Waals surface area (Å²) in [7, 11) is -3.54. The highest BCUT2D eigenvalue weighted by molar-refractivity contribution is 7.93. The fourth-order valence-electron chi connectivity index (χ4n) is 3.73. The van der Waals surface area contributed by atoms with Gasteiger partial charge in [0.05, 0.1) is 9.64 Å². The first-order chi connectivity index (χ1) is 14.1. The molecule has 0 heterocycles. The van der Waals surface area contributed by atoms with Gasteiger partial charge in [0, 0.05) is 6.08 Å². The average Bonchev–Trinajstić information content (AvgIpc) is 2.67. The van der Waals surface area contributed by atoms with Crippen molar-refractivity contribution < 1.29 is 18.3 Å². The normalized spacial score (nSPS) is 21.6. The van der Waals surface area contributed by atoms with Gasteiger partial charge in [0.2, 0.25) is 0 Å². The van der Waals surface area contributed by atoms with Crippen LogP contribution in [0.2, 0.25) is 0 Å². The van der Waals surface area contributed by atoms with Crippen LogP contribution in [0.15, 0.2) is 94.0 Å². The molecule has 2 rings (SSSR count). The maximum atomic E-state index is 13.5. The van der Waals surface area contributed by atoms with Gasteiger partial charge in [-0.15, -0.1) is 0 Å². The molecule has 160 valence electrons. The molecule has 1 aromatic rings. The van der Waals surface area contributed by atoms with Crippen LogP contribution in [0.4, 0.5) is 0 Å². The van der Waals surface area contributed by atoms with Gasteiger partial charge in [-0.25, -0.2) is 13.2 Å². The van der Waals surface area contributed by atoms with E-state index in [0.717, 1.165) is 35.6 Å². The predicted molar refractivity (Wildman–Crippen MR) is 122 cm³/mol. The Balaban J connectivity index is 2.35. The number of sulfone groups is 1. The van der Waals surface area contributed by atoms with Crippen LogP contribution in [0.1, 0.15) is 47.0 Å². The summed E-state index contributed by atoms with van der Waals surface area (Å²) in [5, 5.41) is 8.75. The van der Waals surface area contributed by atoms with Crippen LogP contribution in [-0.2, 0) is 14.6 Å². The summed E-state index contributed by atoms with van der Waals surface area (Å²) in [5.41, 5.74) is 3.54. The van der Waals surface area contributed by atoms with E-state index in [1.54, 1.807) is 43.3 Å². The standard InChI is InChI=1S/C25H30O4S/c1-19(10-8-11-20(2)18-24(26)27)15-16-23-21(3)12-9-17-25(23,4)30(28,29)22-13-6-5-7-14-22/h5-8,10-11,13-16,18H,9,12,17H2,1-4H3,(H,26,27)/b11-8+,16-15+,19-10+,20-18+/t25-/m0/s1. The number of carbonyl (C=O) groups is 1. The molecule has 0 saturated heterocycles. The van der Waals surface area contributed by atoms with Crippen molar-refractivity contribution in [2.45, 2.75) is 56.6 Å². The van der Waals surface area contributed by atoms with Gasteiger partial charge in [0.1, 0.15) is 0 Å². The Labute approximate surface area is 179 Å². The van der Waals surface area contributed by atoms with Crippen molar-refractivity contribution in [3.8, 4) is 0 Å². The van der Waals surface area contributed by atoms with Gasteiger partial charge in [-0.2, -0.15) is 0 Å². The molecule has 1 N–H and O–H groups in total. The molecule has 0 unspecified atom stereocenters. The number of hydrogen-bond acceptors (Lipinski definition) is 3. The number of aliphatic carboxylic acids is 1. The smallest absolute Gasteiger partial charge is 0.328 e. The van der Waals surface area contributed by atoms with Crippen LogP contribution >= 0.6 is 0 Å². The van der Waals surface area contributed by atoms with E-state index < -0.39 is 20.6 Å². The second-order valence-corrected chi connectivity index (χ2v) is 10.3. The molecule has 1 atom stereocenters. The molecule has 0 amide bonds. The molecular formula is C25H30O4S. The van der Waals surface area contributed by atoms with E-state index in [-0.39, 0.29) is 0 Å². The number of carboxylic acid groups (broad SMARTS) is 1. The number of rotatable bonds is 7. The lowest BCUT2D eigenvalue weighted by Gasteiger charge is -2.36. The fourth-order valence-corrected chi connectivity index (χ4v) is 5.71. The molecule has 0 fully saturated rings. The predicted octanol–water partition coefficient (Wildman–Crippen LogP) is 5.81. The maximum absolute atomic E-state index is 13.5. The van der Waals surface area contributed by atoms with Crippen LogP contribution in [-0.4, -0.2) is 24.2 Å². The van der Waals surface area contributed by atoms with Crippen molar-refractivity contribution in [3.05, 3.63) is 89.1 Å². The van der Waals surface area contributed by atoms with E-state index in [1.165, 1.54) is 0 Å². The second kappa shape index (κ2) is 9.90. The Kier molecular flexibility index (Phi) is 7.79. The largest absolute Gasteiger partial charge is 0.478 e. The third-order valence-corrected chi connectivity index (χ3v) is 7.97. The van der Waals surface area contributed by atoms with Crippen LogP contribution in [0.5, 0.6) is 0 Å². The second-order valence-electron chi connectivity index (χ2n) is 7.92. The van der Waals surface area contributed by atoms with Crippen molar-refractivity contribution in [2.75, 3.05) is 0 Å². The molecule has 30 heavy (non-hydrogen) atoms. The molecule has 0 aromatic heterocycles. The van der Waals surface area contributed by atoms with E-state index in [9.17, 15) is 13.2 Å². The Hall–Kier alpha value is -2.66. The molecule has 0 radical (unpaired) electrons. The molecule has 1 aromatic carbocycles. The summed E-state index contributed by atoms with van der Waals surface area (Å²) < 4.78 is 26.0. The lowest BCUT2D eigenvalue weighted by Crippen LogP contribution is -2.39. The number of benzene rings is 1. The summed E-state index contributed by atoms with van der Waals surface area (Å²) >= 11 is 0. The zero-order valence-corrected chi connectivity index (χ0v) is 18.9. The summed E-state index contributed by atoms with van der Waals surface area (Å²) in [6.45, 7) is 7.49. The Morgan fingerprint density at radius 1 is 1.10 bits per heavy atom. The van der Waals surface area contributed by atoms with E-state index in [0.29, 0.717) is 16.9 Å². The van der Waals surface area contributed by atoms with Crippen LogP contribution in [0.25, 0.3) is 0 Å².